The summed E-state index contributed by atoms with van der Waals surface area (Å²) in [4.78, 5) is 26.1. The molecule has 4 aliphatic carbocycles. The van der Waals surface area contributed by atoms with Gasteiger partial charge in [-0.2, -0.15) is 10.2 Å². The zero-order valence-corrected chi connectivity index (χ0v) is 21.0. The number of nitrogens with one attached hydrogen (secondary N) is 1. The highest BCUT2D eigenvalue weighted by molar-refractivity contribution is 5.83. The molecule has 1 aromatic carbocycles. The van der Waals surface area contributed by atoms with Gasteiger partial charge < -0.3 is 5.32 Å². The molecule has 2 heterocycles. The predicted molar refractivity (Wildman–Crippen MR) is 136 cm³/mol. The number of hydrogen-bond acceptors (Lipinski definition) is 4. The average molecular weight is 474 g/mol. The van der Waals surface area contributed by atoms with Crippen molar-refractivity contribution in [2.75, 3.05) is 0 Å². The first-order valence-electron chi connectivity index (χ1n) is 13.2. The fourth-order valence-electron chi connectivity index (χ4n) is 7.58. The van der Waals surface area contributed by atoms with E-state index >= 15 is 0 Å². The summed E-state index contributed by atoms with van der Waals surface area (Å²) in [6, 6.07) is 8.10. The molecule has 0 aliphatic heterocycles. The molecule has 2 aromatic heterocycles. The first-order valence-corrected chi connectivity index (χ1v) is 13.2. The van der Waals surface area contributed by atoms with E-state index in [-0.39, 0.29) is 17.0 Å². The molecule has 0 spiro atoms. The Kier molecular flexibility index (Phi) is 5.35. The Morgan fingerprint density at radius 2 is 1.63 bits per heavy atom. The normalized spacial score (nSPS) is 27.0. The second kappa shape index (κ2) is 8.32. The first kappa shape index (κ1) is 22.5. The van der Waals surface area contributed by atoms with Crippen molar-refractivity contribution in [3.8, 4) is 5.69 Å². The Morgan fingerprint density at radius 3 is 2.26 bits per heavy atom. The lowest BCUT2D eigenvalue weighted by atomic mass is 9.53. The van der Waals surface area contributed by atoms with Gasteiger partial charge >= 0.3 is 0 Å². The van der Waals surface area contributed by atoms with Crippen molar-refractivity contribution in [2.45, 2.75) is 84.2 Å². The number of amides is 1. The van der Waals surface area contributed by atoms with Gasteiger partial charge in [0.25, 0.3) is 5.56 Å². The van der Waals surface area contributed by atoms with Crippen LogP contribution in [-0.2, 0) is 11.3 Å². The average Bonchev–Trinajstić information content (AvgIpc) is 3.14. The molecule has 184 valence electrons. The Bertz CT molecular complexity index is 1320. The van der Waals surface area contributed by atoms with Crippen molar-refractivity contribution in [1.29, 1.82) is 0 Å². The van der Waals surface area contributed by atoms with Crippen LogP contribution in [0, 0.1) is 38.5 Å². The van der Waals surface area contributed by atoms with Crippen LogP contribution in [-0.4, -0.2) is 31.0 Å². The highest BCUT2D eigenvalue weighted by Crippen LogP contribution is 2.55. The Labute approximate surface area is 205 Å². The molecule has 4 bridgehead atoms. The van der Waals surface area contributed by atoms with Crippen LogP contribution in [0.2, 0.25) is 0 Å². The Balaban J connectivity index is 1.16. The Morgan fingerprint density at radius 1 is 1.00 bits per heavy atom. The number of benzene rings is 1. The van der Waals surface area contributed by atoms with E-state index in [1.54, 1.807) is 0 Å². The van der Waals surface area contributed by atoms with Crippen LogP contribution in [0.4, 0.5) is 0 Å². The van der Waals surface area contributed by atoms with Gasteiger partial charge in [0.1, 0.15) is 0 Å². The fraction of sp³-hybridized carbons (Fsp3) is 0.571. The number of nitrogens with zero attached hydrogens (tertiary/aromatic N) is 4. The molecule has 1 amide bonds. The number of carbonyl (C=O) groups excluding carboxylic acids is 1. The first-order chi connectivity index (χ1) is 16.8. The molecule has 0 unspecified atom stereocenters. The van der Waals surface area contributed by atoms with Gasteiger partial charge in [-0.05, 0) is 95.6 Å². The van der Waals surface area contributed by atoms with Crippen molar-refractivity contribution in [2.24, 2.45) is 17.8 Å². The molecule has 7 rings (SSSR count). The maximum atomic E-state index is 13.2. The third kappa shape index (κ3) is 3.99. The smallest absolute Gasteiger partial charge is 0.295 e. The van der Waals surface area contributed by atoms with E-state index in [9.17, 15) is 9.59 Å². The van der Waals surface area contributed by atoms with Gasteiger partial charge in [-0.3, -0.25) is 9.59 Å². The van der Waals surface area contributed by atoms with E-state index in [4.69, 9.17) is 0 Å². The lowest BCUT2D eigenvalue weighted by Gasteiger charge is -2.56. The Hall–Kier alpha value is -2.96. The SMILES string of the molecule is Cc1ccc(-n2nc3c(=O)n(CCCC(=O)NC45CC6CC(CC(C6)C4)C5)nc(C)c3c2C)cc1. The summed E-state index contributed by atoms with van der Waals surface area (Å²) in [6.07, 6.45) is 8.58. The molecule has 1 N–H and O–H groups in total. The van der Waals surface area contributed by atoms with Crippen molar-refractivity contribution in [3.05, 3.63) is 51.6 Å². The third-order valence-electron chi connectivity index (χ3n) is 8.68. The highest BCUT2D eigenvalue weighted by Gasteiger charge is 2.51. The minimum Gasteiger partial charge on any atom is -0.351 e. The summed E-state index contributed by atoms with van der Waals surface area (Å²) in [5.41, 5.74) is 4.08. The van der Waals surface area contributed by atoms with E-state index in [1.165, 1.54) is 29.5 Å². The van der Waals surface area contributed by atoms with E-state index in [1.807, 2.05) is 49.7 Å². The standard InChI is InChI=1S/C28H35N5O2/c1-17-6-8-23(9-7-17)33-19(3)25-18(2)30-32(27(35)26(25)31-33)10-4-5-24(34)29-28-14-20-11-21(15-28)13-22(12-20)16-28/h6-9,20-22H,4-5,10-16H2,1-3H3,(H,29,34). The molecule has 0 atom stereocenters. The summed E-state index contributed by atoms with van der Waals surface area (Å²) in [6.45, 7) is 6.36. The molecule has 4 saturated carbocycles. The molecule has 7 heteroatoms. The number of aromatic nitrogens is 4. The van der Waals surface area contributed by atoms with Gasteiger partial charge in [0.15, 0.2) is 5.52 Å². The number of aryl methyl sites for hydroxylation is 4. The maximum Gasteiger partial charge on any atom is 0.295 e. The number of rotatable bonds is 6. The van der Waals surface area contributed by atoms with Gasteiger partial charge in [0.05, 0.1) is 22.5 Å². The van der Waals surface area contributed by atoms with Crippen LogP contribution in [0.5, 0.6) is 0 Å². The minimum atomic E-state index is -0.193. The third-order valence-corrected chi connectivity index (χ3v) is 8.68. The molecule has 4 aliphatic rings. The molecular formula is C28H35N5O2. The van der Waals surface area contributed by atoms with Crippen molar-refractivity contribution in [3.63, 3.8) is 0 Å². The number of fused-ring (bicyclic) bond motifs is 1. The summed E-state index contributed by atoms with van der Waals surface area (Å²) >= 11 is 0. The molecule has 0 radical (unpaired) electrons. The van der Waals surface area contributed by atoms with Crippen molar-refractivity contribution >= 4 is 16.8 Å². The van der Waals surface area contributed by atoms with E-state index in [0.29, 0.717) is 24.9 Å². The van der Waals surface area contributed by atoms with Crippen LogP contribution in [0.3, 0.4) is 0 Å². The van der Waals surface area contributed by atoms with E-state index in [2.05, 4.69) is 15.5 Å². The van der Waals surface area contributed by atoms with Crippen molar-refractivity contribution < 1.29 is 4.79 Å². The second-order valence-corrected chi connectivity index (χ2v) is 11.5. The highest BCUT2D eigenvalue weighted by atomic mass is 16.2. The van der Waals surface area contributed by atoms with Crippen LogP contribution in [0.15, 0.2) is 29.1 Å². The monoisotopic (exact) mass is 473 g/mol. The summed E-state index contributed by atoms with van der Waals surface area (Å²) in [7, 11) is 0. The van der Waals surface area contributed by atoms with Gasteiger partial charge in [-0.15, -0.1) is 0 Å². The van der Waals surface area contributed by atoms with Crippen LogP contribution < -0.4 is 10.9 Å². The fourth-order valence-corrected chi connectivity index (χ4v) is 7.58. The molecular weight excluding hydrogens is 438 g/mol. The summed E-state index contributed by atoms with van der Waals surface area (Å²) < 4.78 is 3.31. The quantitative estimate of drug-likeness (QED) is 0.576. The molecule has 35 heavy (non-hydrogen) atoms. The maximum absolute atomic E-state index is 13.2. The predicted octanol–water partition coefficient (Wildman–Crippen LogP) is 4.37. The van der Waals surface area contributed by atoms with Crippen molar-refractivity contribution in [1.82, 2.24) is 24.9 Å². The van der Waals surface area contributed by atoms with Crippen LogP contribution in [0.25, 0.3) is 16.6 Å². The van der Waals surface area contributed by atoms with E-state index in [0.717, 1.165) is 59.5 Å². The second-order valence-electron chi connectivity index (χ2n) is 11.5. The zero-order chi connectivity index (χ0) is 24.3. The molecule has 3 aromatic rings. The van der Waals surface area contributed by atoms with E-state index < -0.39 is 0 Å². The minimum absolute atomic E-state index is 0.0384. The number of hydrogen-bond donors (Lipinski definition) is 1. The molecule has 0 saturated heterocycles. The van der Waals surface area contributed by atoms with Gasteiger partial charge in [0.2, 0.25) is 5.91 Å². The zero-order valence-electron chi connectivity index (χ0n) is 21.0. The van der Waals surface area contributed by atoms with Gasteiger partial charge in [0, 0.05) is 18.5 Å². The number of carbonyl (C=O) groups is 1. The van der Waals surface area contributed by atoms with Crippen LogP contribution >= 0.6 is 0 Å². The summed E-state index contributed by atoms with van der Waals surface area (Å²) in [5, 5.41) is 13.5. The molecule has 4 fully saturated rings. The van der Waals surface area contributed by atoms with Crippen LogP contribution in [0.1, 0.15) is 68.3 Å². The lowest BCUT2D eigenvalue weighted by Crippen LogP contribution is -2.59. The van der Waals surface area contributed by atoms with Gasteiger partial charge in [-0.1, -0.05) is 17.7 Å². The topological polar surface area (TPSA) is 81.8 Å². The largest absolute Gasteiger partial charge is 0.351 e. The van der Waals surface area contributed by atoms with Gasteiger partial charge in [-0.25, -0.2) is 9.36 Å². The summed E-state index contributed by atoms with van der Waals surface area (Å²) in [5.74, 6) is 2.55. The molecule has 7 nitrogen and oxygen atoms in total. The lowest BCUT2D eigenvalue weighted by molar-refractivity contribution is -0.127.